The van der Waals surface area contributed by atoms with Crippen molar-refractivity contribution in [2.45, 2.75) is 63.2 Å². The quantitative estimate of drug-likeness (QED) is 0.139. The minimum atomic E-state index is -0.520. The van der Waals surface area contributed by atoms with Gasteiger partial charge in [-0.25, -0.2) is 0 Å². The number of rotatable bonds is 9. The maximum absolute atomic E-state index is 2.46. The Labute approximate surface area is 455 Å². The molecule has 0 aliphatic heterocycles. The summed E-state index contributed by atoms with van der Waals surface area (Å²) < 4.78 is 0. The summed E-state index contributed by atoms with van der Waals surface area (Å²) in [6, 6.07) is 102. The maximum Gasteiger partial charge on any atom is 0.0714 e. The van der Waals surface area contributed by atoms with E-state index in [9.17, 15) is 0 Å². The second-order valence-corrected chi connectivity index (χ2v) is 23.3. The summed E-state index contributed by atoms with van der Waals surface area (Å²) in [5, 5.41) is 0. The van der Waals surface area contributed by atoms with Gasteiger partial charge in [-0.3, -0.25) is 0 Å². The van der Waals surface area contributed by atoms with E-state index in [0.717, 1.165) is 17.1 Å². The van der Waals surface area contributed by atoms with E-state index >= 15 is 0 Å². The fourth-order valence-electron chi connectivity index (χ4n) is 12.9. The summed E-state index contributed by atoms with van der Waals surface area (Å²) >= 11 is 0. The summed E-state index contributed by atoms with van der Waals surface area (Å²) in [6.45, 7) is 13.7. The van der Waals surface area contributed by atoms with Gasteiger partial charge in [0.05, 0.1) is 10.8 Å². The maximum atomic E-state index is 2.46. The SMILES string of the molecule is CC(C)(C)c1ccc(C2(c3ccccc3)c3ccccc3-c3cc(-c4ccc(-c5ccc(N(c6ccccc6)c6ccc7c(c6)C(c6ccccc6)(c6ccc(C(C)(C)C)cc6)c6ccccc6-7)cc5)cc4)ccc32)cc1. The third-order valence-electron chi connectivity index (χ3n) is 16.8. The smallest absolute Gasteiger partial charge is 0.0714 e. The molecule has 0 amide bonds. The molecule has 0 radical (unpaired) electrons. The third kappa shape index (κ3) is 7.82. The molecule has 372 valence electrons. The molecule has 11 aromatic rings. The summed E-state index contributed by atoms with van der Waals surface area (Å²) in [6.07, 6.45) is 0. The summed E-state index contributed by atoms with van der Waals surface area (Å²) in [5.74, 6) is 0. The normalized spacial score (nSPS) is 16.3. The van der Waals surface area contributed by atoms with Crippen molar-refractivity contribution < 1.29 is 0 Å². The number of hydrogen-bond acceptors (Lipinski definition) is 1. The number of hydrogen-bond donors (Lipinski definition) is 0. The van der Waals surface area contributed by atoms with Gasteiger partial charge in [0.1, 0.15) is 0 Å². The van der Waals surface area contributed by atoms with Gasteiger partial charge in [-0.05, 0) is 153 Å². The minimum absolute atomic E-state index is 0.0436. The van der Waals surface area contributed by atoms with Crippen LogP contribution in [0.15, 0.2) is 273 Å². The second-order valence-electron chi connectivity index (χ2n) is 23.3. The average Bonchev–Trinajstić information content (AvgIpc) is 4.08. The number of nitrogens with zero attached hydrogens (tertiary/aromatic N) is 1. The number of para-hydroxylation sites is 1. The van der Waals surface area contributed by atoms with Crippen LogP contribution in [0, 0.1) is 0 Å². The lowest BCUT2D eigenvalue weighted by Gasteiger charge is -2.35. The van der Waals surface area contributed by atoms with Crippen molar-refractivity contribution in [2.24, 2.45) is 0 Å². The van der Waals surface area contributed by atoms with Crippen molar-refractivity contribution in [1.82, 2.24) is 0 Å². The van der Waals surface area contributed by atoms with Crippen LogP contribution < -0.4 is 4.90 Å². The first-order chi connectivity index (χ1) is 37.4. The second kappa shape index (κ2) is 18.5. The highest BCUT2D eigenvalue weighted by Crippen LogP contribution is 2.59. The molecule has 11 aromatic carbocycles. The summed E-state index contributed by atoms with van der Waals surface area (Å²) in [5.41, 5.74) is 25.4. The van der Waals surface area contributed by atoms with E-state index in [2.05, 4.69) is 319 Å². The van der Waals surface area contributed by atoms with Gasteiger partial charge < -0.3 is 4.90 Å². The van der Waals surface area contributed by atoms with Crippen LogP contribution in [0.4, 0.5) is 17.1 Å². The molecular weight excluding hydrogens is 927 g/mol. The number of fused-ring (bicyclic) bond motifs is 6. The van der Waals surface area contributed by atoms with E-state index in [0.29, 0.717) is 0 Å². The first-order valence-corrected chi connectivity index (χ1v) is 27.3. The topological polar surface area (TPSA) is 3.24 Å². The molecule has 0 saturated heterocycles. The van der Waals surface area contributed by atoms with E-state index in [4.69, 9.17) is 0 Å². The van der Waals surface area contributed by atoms with Gasteiger partial charge in [0.25, 0.3) is 0 Å². The molecule has 13 rings (SSSR count). The average molecular weight is 990 g/mol. The van der Waals surface area contributed by atoms with Crippen LogP contribution in [-0.4, -0.2) is 0 Å². The molecule has 0 bridgehead atoms. The van der Waals surface area contributed by atoms with E-state index in [1.807, 2.05) is 0 Å². The zero-order valence-corrected chi connectivity index (χ0v) is 44.9. The van der Waals surface area contributed by atoms with Crippen LogP contribution >= 0.6 is 0 Å². The largest absolute Gasteiger partial charge is 0.310 e. The molecule has 2 aliphatic carbocycles. The van der Waals surface area contributed by atoms with Crippen LogP contribution in [-0.2, 0) is 21.7 Å². The van der Waals surface area contributed by atoms with Gasteiger partial charge in [0, 0.05) is 17.1 Å². The van der Waals surface area contributed by atoms with Gasteiger partial charge >= 0.3 is 0 Å². The fourth-order valence-corrected chi connectivity index (χ4v) is 12.9. The minimum Gasteiger partial charge on any atom is -0.310 e. The number of benzene rings is 11. The van der Waals surface area contributed by atoms with E-state index in [1.54, 1.807) is 0 Å². The predicted molar refractivity (Wildman–Crippen MR) is 324 cm³/mol. The Hall–Kier alpha value is -8.78. The Kier molecular flexibility index (Phi) is 11.5. The van der Waals surface area contributed by atoms with Crippen LogP contribution in [0.3, 0.4) is 0 Å². The van der Waals surface area contributed by atoms with Gasteiger partial charge in [0.15, 0.2) is 0 Å². The van der Waals surface area contributed by atoms with Crippen LogP contribution in [0.2, 0.25) is 0 Å². The number of anilines is 3. The molecule has 77 heavy (non-hydrogen) atoms. The molecule has 0 aromatic heterocycles. The van der Waals surface area contributed by atoms with Crippen molar-refractivity contribution in [1.29, 1.82) is 0 Å². The first-order valence-electron chi connectivity index (χ1n) is 27.3. The fraction of sp³-hybridized carbons (Fsp3) is 0.132. The van der Waals surface area contributed by atoms with Crippen LogP contribution in [0.5, 0.6) is 0 Å². The lowest BCUT2D eigenvalue weighted by molar-refractivity contribution is 0.589. The molecule has 1 heteroatoms. The van der Waals surface area contributed by atoms with Gasteiger partial charge in [-0.1, -0.05) is 272 Å². The van der Waals surface area contributed by atoms with Crippen molar-refractivity contribution >= 4 is 17.1 Å². The van der Waals surface area contributed by atoms with Crippen molar-refractivity contribution in [3.63, 3.8) is 0 Å². The van der Waals surface area contributed by atoms with Crippen LogP contribution in [0.1, 0.15) is 97.2 Å². The molecule has 0 heterocycles. The van der Waals surface area contributed by atoms with Crippen molar-refractivity contribution in [3.05, 3.63) is 329 Å². The Morgan fingerprint density at radius 1 is 0.247 bits per heavy atom. The Bertz CT molecular complexity index is 3930. The molecule has 2 aliphatic rings. The summed E-state index contributed by atoms with van der Waals surface area (Å²) in [7, 11) is 0. The Balaban J connectivity index is 0.860. The third-order valence-corrected chi connectivity index (χ3v) is 16.8. The first kappa shape index (κ1) is 47.9. The van der Waals surface area contributed by atoms with Crippen molar-refractivity contribution in [3.8, 4) is 44.5 Å². The lowest BCUT2D eigenvalue weighted by Crippen LogP contribution is -2.29. The predicted octanol–water partition coefficient (Wildman–Crippen LogP) is 19.8. The summed E-state index contributed by atoms with van der Waals surface area (Å²) in [4.78, 5) is 2.41. The molecule has 0 fully saturated rings. The van der Waals surface area contributed by atoms with Crippen molar-refractivity contribution in [2.75, 3.05) is 4.90 Å². The standard InChI is InChI=1S/C76H63N/c1-73(2,3)56-37-41-60(42-38-56)75(58-20-10-7-11-21-58)70-29-19-17-27-66(70)68-50-55(36-49-71(68)75)54-32-30-52(31-33-54)53-34-45-63(46-35-53)77(62-24-14-9-15-25-62)64-47-48-67-65-26-16-18-28-69(65)76(72(67)51-64,59-22-12-8-13-23-59)61-43-39-57(40-44-61)74(4,5)6/h7-51H,1-6H3. The van der Waals surface area contributed by atoms with Gasteiger partial charge in [-0.2, -0.15) is 0 Å². The van der Waals surface area contributed by atoms with Gasteiger partial charge in [0.2, 0.25) is 0 Å². The van der Waals surface area contributed by atoms with Gasteiger partial charge in [-0.15, -0.1) is 0 Å². The molecule has 0 N–H and O–H groups in total. The zero-order valence-electron chi connectivity index (χ0n) is 44.9. The lowest BCUT2D eigenvalue weighted by atomic mass is 9.67. The molecule has 1 nitrogen and oxygen atoms in total. The molecular formula is C76H63N. The monoisotopic (exact) mass is 989 g/mol. The Morgan fingerprint density at radius 2 is 0.597 bits per heavy atom. The highest BCUT2D eigenvalue weighted by molar-refractivity contribution is 5.91. The van der Waals surface area contributed by atoms with E-state index < -0.39 is 10.8 Å². The zero-order chi connectivity index (χ0) is 52.5. The molecule has 0 saturated carbocycles. The Morgan fingerprint density at radius 3 is 1.10 bits per heavy atom. The van der Waals surface area contributed by atoms with Crippen LogP contribution in [0.25, 0.3) is 44.5 Å². The highest BCUT2D eigenvalue weighted by atomic mass is 15.1. The molecule has 2 unspecified atom stereocenters. The highest BCUT2D eigenvalue weighted by Gasteiger charge is 2.48. The molecule has 2 atom stereocenters. The van der Waals surface area contributed by atoms with E-state index in [-0.39, 0.29) is 10.8 Å². The molecule has 0 spiro atoms. The van der Waals surface area contributed by atoms with E-state index in [1.165, 1.54) is 100 Å².